The first-order valence-corrected chi connectivity index (χ1v) is 5.52. The number of aromatic amines is 1. The van der Waals surface area contributed by atoms with Gasteiger partial charge < -0.3 is 10.3 Å². The van der Waals surface area contributed by atoms with Gasteiger partial charge in [0.25, 0.3) is 0 Å². The molecule has 3 heterocycles. The van der Waals surface area contributed by atoms with Gasteiger partial charge >= 0.3 is 0 Å². The third-order valence-corrected chi connectivity index (χ3v) is 3.01. The fourth-order valence-corrected chi connectivity index (χ4v) is 2.14. The van der Waals surface area contributed by atoms with Crippen LogP contribution in [-0.2, 0) is 4.79 Å². The number of H-pyrrole nitrogens is 1. The van der Waals surface area contributed by atoms with Crippen molar-refractivity contribution in [1.29, 1.82) is 0 Å². The topological polar surface area (TPSA) is 57.8 Å². The molecule has 0 aliphatic carbocycles. The van der Waals surface area contributed by atoms with E-state index in [0.29, 0.717) is 18.6 Å². The molecule has 2 aromatic rings. The number of ketones is 1. The number of aromatic nitrogens is 2. The highest BCUT2D eigenvalue weighted by Gasteiger charge is 2.21. The van der Waals surface area contributed by atoms with E-state index in [1.54, 1.807) is 0 Å². The third-order valence-electron chi connectivity index (χ3n) is 3.01. The van der Waals surface area contributed by atoms with E-state index >= 15 is 0 Å². The van der Waals surface area contributed by atoms with Crippen LogP contribution in [0.2, 0.25) is 0 Å². The molecule has 1 aliphatic heterocycles. The summed E-state index contributed by atoms with van der Waals surface area (Å²) in [5.41, 5.74) is 2.95. The van der Waals surface area contributed by atoms with Crippen LogP contribution < -0.4 is 5.32 Å². The second kappa shape index (κ2) is 3.72. The van der Waals surface area contributed by atoms with Gasteiger partial charge in [0.05, 0.1) is 22.8 Å². The molecule has 0 saturated carbocycles. The van der Waals surface area contributed by atoms with Gasteiger partial charge in [0.15, 0.2) is 0 Å². The number of carbonyl (C=O) groups excluding carboxylic acids is 1. The fraction of sp³-hybridized carbons (Fsp3) is 0.333. The maximum Gasteiger partial charge on any atom is 0.136 e. The van der Waals surface area contributed by atoms with Crippen molar-refractivity contribution in [3.8, 4) is 0 Å². The quantitative estimate of drug-likeness (QED) is 0.759. The Kier molecular flexibility index (Phi) is 2.22. The summed E-state index contributed by atoms with van der Waals surface area (Å²) in [6.07, 6.45) is 3.08. The monoisotopic (exact) mass is 215 g/mol. The van der Waals surface area contributed by atoms with Crippen molar-refractivity contribution in [2.45, 2.75) is 18.9 Å². The predicted molar refractivity (Wildman–Crippen MR) is 61.1 cm³/mol. The number of carbonyl (C=O) groups is 1. The van der Waals surface area contributed by atoms with Gasteiger partial charge in [-0.3, -0.25) is 4.79 Å². The zero-order chi connectivity index (χ0) is 11.0. The van der Waals surface area contributed by atoms with Gasteiger partial charge in [0.1, 0.15) is 5.78 Å². The molecule has 0 aromatic carbocycles. The Morgan fingerprint density at radius 3 is 3.12 bits per heavy atom. The van der Waals surface area contributed by atoms with Gasteiger partial charge in [0.2, 0.25) is 0 Å². The summed E-state index contributed by atoms with van der Waals surface area (Å²) in [5.74, 6) is 0.319. The van der Waals surface area contributed by atoms with Crippen molar-refractivity contribution in [3.05, 3.63) is 30.1 Å². The molecule has 2 N–H and O–H groups in total. The van der Waals surface area contributed by atoms with Crippen molar-refractivity contribution in [1.82, 2.24) is 15.3 Å². The largest absolute Gasteiger partial charge is 0.360 e. The van der Waals surface area contributed by atoms with Crippen LogP contribution in [0, 0.1) is 0 Å². The third kappa shape index (κ3) is 1.61. The molecule has 3 rings (SSSR count). The average molecular weight is 215 g/mol. The molecular weight excluding hydrogens is 202 g/mol. The first-order valence-electron chi connectivity index (χ1n) is 5.52. The van der Waals surface area contributed by atoms with E-state index in [9.17, 15) is 4.79 Å². The van der Waals surface area contributed by atoms with Gasteiger partial charge in [-0.15, -0.1) is 0 Å². The second-order valence-electron chi connectivity index (χ2n) is 4.15. The summed E-state index contributed by atoms with van der Waals surface area (Å²) in [7, 11) is 0. The van der Waals surface area contributed by atoms with Crippen molar-refractivity contribution in [2.24, 2.45) is 0 Å². The van der Waals surface area contributed by atoms with E-state index in [1.165, 1.54) is 0 Å². The minimum Gasteiger partial charge on any atom is -0.360 e. The number of nitrogens with zero attached hydrogens (tertiary/aromatic N) is 1. The minimum atomic E-state index is 0.0838. The number of hydrogen-bond acceptors (Lipinski definition) is 3. The summed E-state index contributed by atoms with van der Waals surface area (Å²) in [5, 5.41) is 3.33. The lowest BCUT2D eigenvalue weighted by Crippen LogP contribution is -2.32. The van der Waals surface area contributed by atoms with Gasteiger partial charge in [-0.25, -0.2) is 4.98 Å². The molecule has 1 aliphatic rings. The van der Waals surface area contributed by atoms with E-state index in [4.69, 9.17) is 0 Å². The molecule has 1 fully saturated rings. The standard InChI is InChI=1S/C12H13N3O/c16-8-3-5-14-12(7-8)10-2-1-9-11(15-10)4-6-13-9/h1-2,4,6,12-14H,3,5,7H2. The molecule has 16 heavy (non-hydrogen) atoms. The van der Waals surface area contributed by atoms with Gasteiger partial charge in [0, 0.05) is 25.6 Å². The summed E-state index contributed by atoms with van der Waals surface area (Å²) in [6, 6.07) is 6.03. The smallest absolute Gasteiger partial charge is 0.136 e. The van der Waals surface area contributed by atoms with Crippen molar-refractivity contribution < 1.29 is 4.79 Å². The number of fused-ring (bicyclic) bond motifs is 1. The number of nitrogens with one attached hydrogen (secondary N) is 2. The van der Waals surface area contributed by atoms with Crippen LogP contribution in [0.1, 0.15) is 24.6 Å². The normalized spacial score (nSPS) is 21.5. The number of pyridine rings is 1. The molecule has 4 nitrogen and oxygen atoms in total. The van der Waals surface area contributed by atoms with Crippen LogP contribution >= 0.6 is 0 Å². The molecule has 4 heteroatoms. The van der Waals surface area contributed by atoms with Crippen molar-refractivity contribution in [2.75, 3.05) is 6.54 Å². The van der Waals surface area contributed by atoms with Crippen LogP contribution in [-0.4, -0.2) is 22.3 Å². The van der Waals surface area contributed by atoms with E-state index in [0.717, 1.165) is 23.3 Å². The Morgan fingerprint density at radius 2 is 2.25 bits per heavy atom. The van der Waals surface area contributed by atoms with Gasteiger partial charge in [-0.05, 0) is 18.2 Å². The Hall–Kier alpha value is -1.68. The first kappa shape index (κ1) is 9.54. The lowest BCUT2D eigenvalue weighted by Gasteiger charge is -2.22. The summed E-state index contributed by atoms with van der Waals surface area (Å²) < 4.78 is 0. The summed E-state index contributed by atoms with van der Waals surface area (Å²) >= 11 is 0. The molecule has 0 amide bonds. The van der Waals surface area contributed by atoms with Crippen LogP contribution in [0.15, 0.2) is 24.4 Å². The molecule has 0 spiro atoms. The van der Waals surface area contributed by atoms with Gasteiger partial charge in [-0.2, -0.15) is 0 Å². The van der Waals surface area contributed by atoms with Crippen molar-refractivity contribution >= 4 is 16.8 Å². The van der Waals surface area contributed by atoms with E-state index in [-0.39, 0.29) is 6.04 Å². The molecule has 2 aromatic heterocycles. The predicted octanol–water partition coefficient (Wildman–Crippen LogP) is 1.56. The Bertz CT molecular complexity index is 532. The van der Waals surface area contributed by atoms with E-state index in [1.807, 2.05) is 24.4 Å². The highest BCUT2D eigenvalue weighted by molar-refractivity contribution is 5.80. The minimum absolute atomic E-state index is 0.0838. The highest BCUT2D eigenvalue weighted by Crippen LogP contribution is 2.21. The molecule has 0 bridgehead atoms. The van der Waals surface area contributed by atoms with Crippen LogP contribution in [0.5, 0.6) is 0 Å². The summed E-state index contributed by atoms with van der Waals surface area (Å²) in [4.78, 5) is 19.0. The Morgan fingerprint density at radius 1 is 1.31 bits per heavy atom. The second-order valence-corrected chi connectivity index (χ2v) is 4.15. The number of hydrogen-bond donors (Lipinski definition) is 2. The lowest BCUT2D eigenvalue weighted by atomic mass is 10.0. The Balaban J connectivity index is 1.95. The lowest BCUT2D eigenvalue weighted by molar-refractivity contribution is -0.120. The number of rotatable bonds is 1. The molecule has 1 atom stereocenters. The van der Waals surface area contributed by atoms with E-state index in [2.05, 4.69) is 15.3 Å². The summed E-state index contributed by atoms with van der Waals surface area (Å²) in [6.45, 7) is 0.760. The van der Waals surface area contributed by atoms with E-state index < -0.39 is 0 Å². The zero-order valence-electron chi connectivity index (χ0n) is 8.86. The van der Waals surface area contributed by atoms with Crippen molar-refractivity contribution in [3.63, 3.8) is 0 Å². The molecule has 82 valence electrons. The van der Waals surface area contributed by atoms with Crippen LogP contribution in [0.4, 0.5) is 0 Å². The highest BCUT2D eigenvalue weighted by atomic mass is 16.1. The molecule has 0 radical (unpaired) electrons. The van der Waals surface area contributed by atoms with Crippen LogP contribution in [0.25, 0.3) is 11.0 Å². The maximum absolute atomic E-state index is 11.4. The maximum atomic E-state index is 11.4. The van der Waals surface area contributed by atoms with Gasteiger partial charge in [-0.1, -0.05) is 0 Å². The zero-order valence-corrected chi connectivity index (χ0v) is 8.86. The SMILES string of the molecule is O=C1CCNC(c2ccc3[nH]ccc3n2)C1. The van der Waals surface area contributed by atoms with Crippen LogP contribution in [0.3, 0.4) is 0 Å². The first-order chi connectivity index (χ1) is 7.83. The molecule has 1 unspecified atom stereocenters. The fourth-order valence-electron chi connectivity index (χ4n) is 2.14. The molecular formula is C12H13N3O. The molecule has 1 saturated heterocycles. The number of Topliss-reactive ketones (excluding diaryl/α,β-unsaturated/α-hetero) is 1. The Labute approximate surface area is 93.1 Å². The number of piperidine rings is 1. The average Bonchev–Trinajstić information content (AvgIpc) is 2.75.